The van der Waals surface area contributed by atoms with Crippen LogP contribution in [-0.2, 0) is 0 Å². The average Bonchev–Trinajstić information content (AvgIpc) is 2.66. The van der Waals surface area contributed by atoms with Crippen LogP contribution in [0, 0.1) is 5.92 Å². The second-order valence-corrected chi connectivity index (χ2v) is 4.23. The number of hydrogen-bond acceptors (Lipinski definition) is 2. The fourth-order valence-corrected chi connectivity index (χ4v) is 1.91. The molecule has 1 heterocycles. The highest BCUT2D eigenvalue weighted by atomic mass is 15.2. The molecule has 0 aromatic rings. The van der Waals surface area contributed by atoms with Crippen molar-refractivity contribution >= 4 is 14.6 Å². The fourth-order valence-electron chi connectivity index (χ4n) is 1.91. The van der Waals surface area contributed by atoms with E-state index in [-0.39, 0.29) is 0 Å². The molecule has 0 bridgehead atoms. The molecule has 0 spiro atoms. The van der Waals surface area contributed by atoms with Crippen LogP contribution in [0.15, 0.2) is 28.4 Å². The van der Waals surface area contributed by atoms with Gasteiger partial charge in [0.15, 0.2) is 0 Å². The molecular weight excluding hydrogens is 183 g/mol. The molecule has 15 heavy (non-hydrogen) atoms. The zero-order chi connectivity index (χ0) is 11.3. The molecular formula is C12H19BN2. The van der Waals surface area contributed by atoms with Gasteiger partial charge in [-0.15, -0.1) is 0 Å². The van der Waals surface area contributed by atoms with E-state index in [0.29, 0.717) is 11.4 Å². The lowest BCUT2D eigenvalue weighted by Gasteiger charge is -2.25. The van der Waals surface area contributed by atoms with E-state index >= 15 is 0 Å². The van der Waals surface area contributed by atoms with E-state index in [2.05, 4.69) is 30.5 Å². The van der Waals surface area contributed by atoms with E-state index in [0.717, 1.165) is 13.1 Å². The van der Waals surface area contributed by atoms with Crippen LogP contribution in [0.4, 0.5) is 0 Å². The zero-order valence-corrected chi connectivity index (χ0v) is 9.74. The molecule has 2 radical (unpaired) electrons. The predicted octanol–water partition coefficient (Wildman–Crippen LogP) is 2.33. The fraction of sp³-hybridized carbons (Fsp3) is 0.583. The maximum atomic E-state index is 5.81. The van der Waals surface area contributed by atoms with Crippen molar-refractivity contribution in [1.82, 2.24) is 4.90 Å². The van der Waals surface area contributed by atoms with Crippen LogP contribution in [0.1, 0.15) is 26.7 Å². The van der Waals surface area contributed by atoms with Gasteiger partial charge in [0.25, 0.3) is 0 Å². The lowest BCUT2D eigenvalue weighted by atomic mass is 9.93. The van der Waals surface area contributed by atoms with Gasteiger partial charge in [0.1, 0.15) is 7.85 Å². The standard InChI is InChI=1S/C12H19BN2/c1-10(2)12(8-11(13)9-14-3)15-6-4-5-7-15/h8-10H,3-7H2,1-2H3/b11-9+,12-8+. The monoisotopic (exact) mass is 202 g/mol. The summed E-state index contributed by atoms with van der Waals surface area (Å²) in [5, 5.41) is 0. The summed E-state index contributed by atoms with van der Waals surface area (Å²) in [4.78, 5) is 6.09. The maximum absolute atomic E-state index is 5.81. The molecule has 0 aromatic heterocycles. The van der Waals surface area contributed by atoms with Gasteiger partial charge in [0, 0.05) is 25.0 Å². The SMILES string of the molecule is [B]C(=C/N=C)/C=C(\C(C)C)N1CCCC1. The molecule has 0 amide bonds. The first kappa shape index (κ1) is 12.1. The normalized spacial score (nSPS) is 18.7. The lowest BCUT2D eigenvalue weighted by molar-refractivity contribution is 0.380. The highest BCUT2D eigenvalue weighted by molar-refractivity contribution is 6.23. The van der Waals surface area contributed by atoms with E-state index in [1.165, 1.54) is 18.5 Å². The van der Waals surface area contributed by atoms with Gasteiger partial charge in [0.2, 0.25) is 0 Å². The van der Waals surface area contributed by atoms with E-state index in [1.54, 1.807) is 6.20 Å². The maximum Gasteiger partial charge on any atom is 0.116 e. The van der Waals surface area contributed by atoms with Crippen LogP contribution in [0.2, 0.25) is 0 Å². The molecule has 0 saturated carbocycles. The van der Waals surface area contributed by atoms with Gasteiger partial charge in [-0.1, -0.05) is 19.3 Å². The van der Waals surface area contributed by atoms with E-state index < -0.39 is 0 Å². The Balaban J connectivity index is 2.80. The second-order valence-electron chi connectivity index (χ2n) is 4.23. The van der Waals surface area contributed by atoms with Gasteiger partial charge in [0.05, 0.1) is 0 Å². The average molecular weight is 202 g/mol. The molecule has 1 fully saturated rings. The van der Waals surface area contributed by atoms with Gasteiger partial charge >= 0.3 is 0 Å². The third-order valence-electron chi connectivity index (χ3n) is 2.62. The molecule has 80 valence electrons. The summed E-state index contributed by atoms with van der Waals surface area (Å²) in [6.07, 6.45) is 6.18. The van der Waals surface area contributed by atoms with Crippen LogP contribution in [0.25, 0.3) is 0 Å². The Hall–Kier alpha value is -0.985. The largest absolute Gasteiger partial charge is 0.375 e. The van der Waals surface area contributed by atoms with Crippen LogP contribution in [0.3, 0.4) is 0 Å². The lowest BCUT2D eigenvalue weighted by Crippen LogP contribution is -2.22. The van der Waals surface area contributed by atoms with Gasteiger partial charge < -0.3 is 4.90 Å². The third kappa shape index (κ3) is 3.58. The Labute approximate surface area is 94.2 Å². The summed E-state index contributed by atoms with van der Waals surface area (Å²) in [7, 11) is 5.81. The van der Waals surface area contributed by atoms with Crippen molar-refractivity contribution in [1.29, 1.82) is 0 Å². The zero-order valence-electron chi connectivity index (χ0n) is 9.74. The topological polar surface area (TPSA) is 15.6 Å². The Morgan fingerprint density at radius 3 is 2.47 bits per heavy atom. The van der Waals surface area contributed by atoms with Crippen molar-refractivity contribution < 1.29 is 0 Å². The highest BCUT2D eigenvalue weighted by Gasteiger charge is 2.16. The molecule has 1 aliphatic rings. The number of hydrogen-bond donors (Lipinski definition) is 0. The number of likely N-dealkylation sites (tertiary alicyclic amines) is 1. The van der Waals surface area contributed by atoms with Crippen molar-refractivity contribution in [2.75, 3.05) is 13.1 Å². The Kier molecular flexibility index (Phi) is 4.66. The van der Waals surface area contributed by atoms with Gasteiger partial charge in [-0.3, -0.25) is 4.99 Å². The number of rotatable bonds is 4. The summed E-state index contributed by atoms with van der Waals surface area (Å²) >= 11 is 0. The molecule has 1 rings (SSSR count). The van der Waals surface area contributed by atoms with Crippen molar-refractivity contribution in [3.8, 4) is 0 Å². The first-order valence-electron chi connectivity index (χ1n) is 5.53. The number of nitrogens with zero attached hydrogens (tertiary/aromatic N) is 2. The molecule has 1 saturated heterocycles. The molecule has 3 heteroatoms. The van der Waals surface area contributed by atoms with Crippen molar-refractivity contribution in [2.24, 2.45) is 10.9 Å². The van der Waals surface area contributed by atoms with E-state index in [1.807, 2.05) is 6.08 Å². The van der Waals surface area contributed by atoms with Crippen LogP contribution >= 0.6 is 0 Å². The highest BCUT2D eigenvalue weighted by Crippen LogP contribution is 2.21. The van der Waals surface area contributed by atoms with Crippen LogP contribution in [-0.4, -0.2) is 32.6 Å². The van der Waals surface area contributed by atoms with Gasteiger partial charge in [-0.05, 0) is 31.6 Å². The molecule has 0 aliphatic carbocycles. The minimum absolute atomic E-state index is 0.500. The minimum atomic E-state index is 0.500. The third-order valence-corrected chi connectivity index (χ3v) is 2.62. The van der Waals surface area contributed by atoms with Gasteiger partial charge in [-0.25, -0.2) is 0 Å². The Morgan fingerprint density at radius 2 is 2.00 bits per heavy atom. The van der Waals surface area contributed by atoms with Gasteiger partial charge in [-0.2, -0.15) is 0 Å². The molecule has 0 atom stereocenters. The summed E-state index contributed by atoms with van der Waals surface area (Å²) in [6.45, 7) is 10.1. The summed E-state index contributed by atoms with van der Waals surface area (Å²) in [5.41, 5.74) is 1.99. The minimum Gasteiger partial charge on any atom is -0.375 e. The Bertz CT molecular complexity index is 273. The summed E-state index contributed by atoms with van der Waals surface area (Å²) in [5.74, 6) is 0.500. The van der Waals surface area contributed by atoms with Crippen molar-refractivity contribution in [3.05, 3.63) is 23.4 Å². The quantitative estimate of drug-likeness (QED) is 0.388. The molecule has 0 N–H and O–H groups in total. The smallest absolute Gasteiger partial charge is 0.116 e. The molecule has 0 aromatic carbocycles. The summed E-state index contributed by atoms with van der Waals surface area (Å²) < 4.78 is 0. The number of aliphatic imine (C=N–C) groups is 1. The van der Waals surface area contributed by atoms with E-state index in [9.17, 15) is 0 Å². The first-order chi connectivity index (χ1) is 7.15. The summed E-state index contributed by atoms with van der Waals surface area (Å²) in [6, 6.07) is 0. The first-order valence-corrected chi connectivity index (χ1v) is 5.53. The van der Waals surface area contributed by atoms with E-state index in [4.69, 9.17) is 7.85 Å². The molecule has 2 nitrogen and oxygen atoms in total. The van der Waals surface area contributed by atoms with Crippen molar-refractivity contribution in [3.63, 3.8) is 0 Å². The Morgan fingerprint density at radius 1 is 1.40 bits per heavy atom. The van der Waals surface area contributed by atoms with Crippen molar-refractivity contribution in [2.45, 2.75) is 26.7 Å². The predicted molar refractivity (Wildman–Crippen MR) is 67.1 cm³/mol. The van der Waals surface area contributed by atoms with Crippen LogP contribution < -0.4 is 0 Å². The van der Waals surface area contributed by atoms with Crippen LogP contribution in [0.5, 0.6) is 0 Å². The molecule has 0 unspecified atom stereocenters. The molecule has 1 aliphatic heterocycles. The number of allylic oxidation sites excluding steroid dienone is 3. The second kappa shape index (κ2) is 5.79.